The molecular weight excluding hydrogens is 793 g/mol. The number of primary amides is 1. The van der Waals surface area contributed by atoms with E-state index in [1.54, 1.807) is 19.2 Å². The first-order valence-electron chi connectivity index (χ1n) is 19.5. The van der Waals surface area contributed by atoms with E-state index in [0.717, 1.165) is 49.5 Å². The number of methoxy groups -OCH3 is 1. The van der Waals surface area contributed by atoms with Crippen LogP contribution in [0.3, 0.4) is 0 Å². The molecule has 0 saturated heterocycles. The molecule has 1 unspecified atom stereocenters. The Morgan fingerprint density at radius 1 is 1.02 bits per heavy atom. The number of aromatic hydroxyl groups is 1. The SMILES string of the molecule is COc1cccc(Nc2c(C(N)=O)cnc3c(C)cc(Sc4cccc(C(=O)Nc5ccc(C#CCCCNCC(O)c6ccc(O)c7c6OCC(=O)N7)cc5C)c4)cc23)c1. The number of ether oxygens (including phenoxy) is 2. The van der Waals surface area contributed by atoms with Gasteiger partial charge in [-0.2, -0.15) is 0 Å². The number of rotatable bonds is 14. The second-order valence-electron chi connectivity index (χ2n) is 14.4. The zero-order valence-electron chi connectivity index (χ0n) is 33.7. The van der Waals surface area contributed by atoms with E-state index in [1.165, 1.54) is 24.0 Å². The number of nitrogens with one attached hydrogen (secondary N) is 4. The van der Waals surface area contributed by atoms with Crippen LogP contribution in [0.25, 0.3) is 10.9 Å². The summed E-state index contributed by atoms with van der Waals surface area (Å²) in [6.07, 6.45) is 1.97. The summed E-state index contributed by atoms with van der Waals surface area (Å²) in [5.74, 6) is 5.96. The van der Waals surface area contributed by atoms with Crippen molar-refractivity contribution < 1.29 is 34.1 Å². The summed E-state index contributed by atoms with van der Waals surface area (Å²) in [5.41, 5.74) is 12.5. The third kappa shape index (κ3) is 10.0. The van der Waals surface area contributed by atoms with Gasteiger partial charge in [0.2, 0.25) is 0 Å². The molecule has 1 aromatic heterocycles. The normalized spacial score (nSPS) is 12.3. The summed E-state index contributed by atoms with van der Waals surface area (Å²) in [7, 11) is 1.59. The van der Waals surface area contributed by atoms with Gasteiger partial charge in [-0.1, -0.05) is 35.7 Å². The van der Waals surface area contributed by atoms with Crippen molar-refractivity contribution >= 4 is 63.1 Å². The van der Waals surface area contributed by atoms with Crippen molar-refractivity contribution in [3.63, 3.8) is 0 Å². The topological polar surface area (TPSA) is 197 Å². The van der Waals surface area contributed by atoms with E-state index in [-0.39, 0.29) is 47.7 Å². The van der Waals surface area contributed by atoms with Crippen molar-refractivity contribution in [1.29, 1.82) is 0 Å². The molecule has 8 N–H and O–H groups in total. The number of unbranched alkanes of at least 4 members (excludes halogenated alkanes) is 1. The highest BCUT2D eigenvalue weighted by atomic mass is 32.2. The van der Waals surface area contributed by atoms with E-state index in [1.807, 2.05) is 86.6 Å². The molecule has 61 heavy (non-hydrogen) atoms. The van der Waals surface area contributed by atoms with Gasteiger partial charge < -0.3 is 46.7 Å². The maximum Gasteiger partial charge on any atom is 0.262 e. The Bertz CT molecular complexity index is 2730. The number of fused-ring (bicyclic) bond motifs is 2. The molecule has 0 saturated carbocycles. The second kappa shape index (κ2) is 18.9. The van der Waals surface area contributed by atoms with E-state index in [4.69, 9.17) is 15.2 Å². The minimum Gasteiger partial charge on any atom is -0.506 e. The molecule has 1 atom stereocenters. The quantitative estimate of drug-likeness (QED) is 0.0324. The first-order chi connectivity index (χ1) is 29.5. The van der Waals surface area contributed by atoms with Crippen LogP contribution in [0.1, 0.15) is 61.9 Å². The van der Waals surface area contributed by atoms with E-state index < -0.39 is 12.0 Å². The number of amides is 3. The smallest absolute Gasteiger partial charge is 0.262 e. The van der Waals surface area contributed by atoms with Crippen LogP contribution >= 0.6 is 11.8 Å². The Morgan fingerprint density at radius 2 is 1.85 bits per heavy atom. The van der Waals surface area contributed by atoms with Gasteiger partial charge in [0.1, 0.15) is 17.2 Å². The molecule has 0 radical (unpaired) electrons. The summed E-state index contributed by atoms with van der Waals surface area (Å²) < 4.78 is 10.9. The number of phenolic OH excluding ortho intramolecular Hbond substituents is 1. The zero-order chi connectivity index (χ0) is 43.0. The van der Waals surface area contributed by atoms with Crippen molar-refractivity contribution in [2.24, 2.45) is 5.73 Å². The van der Waals surface area contributed by atoms with Crippen LogP contribution in [-0.2, 0) is 4.79 Å². The number of aliphatic hydroxyl groups excluding tert-OH is 1. The van der Waals surface area contributed by atoms with Crippen LogP contribution in [0.4, 0.5) is 22.7 Å². The number of hydrogen-bond donors (Lipinski definition) is 7. The second-order valence-corrected chi connectivity index (χ2v) is 15.5. The van der Waals surface area contributed by atoms with E-state index in [2.05, 4.69) is 38.1 Å². The van der Waals surface area contributed by atoms with Crippen LogP contribution in [-0.4, -0.2) is 59.7 Å². The van der Waals surface area contributed by atoms with Crippen LogP contribution < -0.4 is 36.5 Å². The monoisotopic (exact) mass is 836 g/mol. The fourth-order valence-corrected chi connectivity index (χ4v) is 7.86. The lowest BCUT2D eigenvalue weighted by Gasteiger charge is -2.23. The van der Waals surface area contributed by atoms with E-state index >= 15 is 0 Å². The molecule has 7 rings (SSSR count). The van der Waals surface area contributed by atoms with Crippen LogP contribution in [0, 0.1) is 25.7 Å². The first-order valence-corrected chi connectivity index (χ1v) is 20.3. The number of carbonyl (C=O) groups is 3. The molecule has 0 aliphatic carbocycles. The van der Waals surface area contributed by atoms with Gasteiger partial charge in [0.15, 0.2) is 12.4 Å². The highest BCUT2D eigenvalue weighted by Crippen LogP contribution is 2.41. The number of aliphatic hydroxyl groups is 1. The molecule has 13 nitrogen and oxygen atoms in total. The summed E-state index contributed by atoms with van der Waals surface area (Å²) in [6, 6.07) is 27.4. The van der Waals surface area contributed by atoms with Gasteiger partial charge in [-0.15, -0.1) is 0 Å². The number of pyridine rings is 1. The summed E-state index contributed by atoms with van der Waals surface area (Å²) in [5, 5.41) is 33.7. The average molecular weight is 837 g/mol. The number of phenols is 1. The molecule has 0 bridgehead atoms. The minimum absolute atomic E-state index is 0.122. The first kappa shape index (κ1) is 42.1. The fourth-order valence-electron chi connectivity index (χ4n) is 6.84. The summed E-state index contributed by atoms with van der Waals surface area (Å²) in [4.78, 5) is 44.0. The molecule has 1 aliphatic heterocycles. The standard InChI is InChI=1S/C47H44N6O7S/c1-27-19-29(9-5-4-6-18-49-25-40(55)35-15-17-39(54)44-45(35)60-26-41(56)53-44)14-16-38(27)52-47(58)30-10-7-13-33(21-30)61-34-20-28(2)42-36(23-34)43(37(24-50-42)46(48)57)51-31-11-8-12-32(22-31)59-3/h7-8,10-17,19-24,40,49,54-55H,4,6,18,25-26H2,1-3H3,(H2,48,57)(H,50,51)(H,52,58)(H,53,56). The number of nitrogens with zero attached hydrogens (tertiary/aromatic N) is 1. The number of nitrogens with two attached hydrogens (primary N) is 1. The van der Waals surface area contributed by atoms with Gasteiger partial charge in [-0.25, -0.2) is 0 Å². The number of aromatic nitrogens is 1. The third-order valence-corrected chi connectivity index (χ3v) is 10.9. The van der Waals surface area contributed by atoms with Gasteiger partial charge in [-0.05, 0) is 111 Å². The van der Waals surface area contributed by atoms with Crippen LogP contribution in [0.15, 0.2) is 107 Å². The largest absolute Gasteiger partial charge is 0.506 e. The summed E-state index contributed by atoms with van der Waals surface area (Å²) in [6.45, 7) is 4.57. The van der Waals surface area contributed by atoms with E-state index in [9.17, 15) is 24.6 Å². The molecular formula is C47H44N6O7S. The Kier molecular flexibility index (Phi) is 13.0. The molecule has 5 aromatic carbocycles. The van der Waals surface area contributed by atoms with Crippen molar-refractivity contribution in [2.75, 3.05) is 42.8 Å². The van der Waals surface area contributed by atoms with Crippen molar-refractivity contribution in [2.45, 2.75) is 42.6 Å². The van der Waals surface area contributed by atoms with Crippen LogP contribution in [0.5, 0.6) is 17.2 Å². The molecule has 310 valence electrons. The number of benzene rings is 5. The lowest BCUT2D eigenvalue weighted by Crippen LogP contribution is -2.28. The maximum atomic E-state index is 13.5. The van der Waals surface area contributed by atoms with Gasteiger partial charge in [0.25, 0.3) is 17.7 Å². The Morgan fingerprint density at radius 3 is 2.66 bits per heavy atom. The van der Waals surface area contributed by atoms with Crippen molar-refractivity contribution in [3.8, 4) is 29.1 Å². The average Bonchev–Trinajstić information content (AvgIpc) is 3.24. The van der Waals surface area contributed by atoms with Crippen LogP contribution in [0.2, 0.25) is 0 Å². The number of aryl methyl sites for hydroxylation is 2. The van der Waals surface area contributed by atoms with Gasteiger partial charge in [-0.3, -0.25) is 19.4 Å². The highest BCUT2D eigenvalue weighted by Gasteiger charge is 2.25. The minimum atomic E-state index is -0.901. The molecule has 3 amide bonds. The predicted octanol–water partition coefficient (Wildman–Crippen LogP) is 7.60. The molecule has 0 spiro atoms. The molecule has 0 fully saturated rings. The highest BCUT2D eigenvalue weighted by molar-refractivity contribution is 7.99. The number of hydrogen-bond acceptors (Lipinski definition) is 11. The van der Waals surface area contributed by atoms with Gasteiger partial charge in [0, 0.05) is 68.5 Å². The molecule has 2 heterocycles. The van der Waals surface area contributed by atoms with Gasteiger partial charge >= 0.3 is 0 Å². The van der Waals surface area contributed by atoms with Gasteiger partial charge in [0.05, 0.1) is 30.0 Å². The molecule has 1 aliphatic rings. The summed E-state index contributed by atoms with van der Waals surface area (Å²) >= 11 is 1.49. The third-order valence-electron chi connectivity index (χ3n) is 9.91. The van der Waals surface area contributed by atoms with E-state index in [0.29, 0.717) is 41.2 Å². The lowest BCUT2D eigenvalue weighted by molar-refractivity contribution is -0.118. The maximum absolute atomic E-state index is 13.5. The fraction of sp³-hybridized carbons (Fsp3) is 0.191. The lowest BCUT2D eigenvalue weighted by atomic mass is 10.0. The Balaban J connectivity index is 0.948. The molecule has 14 heteroatoms. The van der Waals surface area contributed by atoms with Crippen molar-refractivity contribution in [1.82, 2.24) is 10.3 Å². The van der Waals surface area contributed by atoms with Crippen molar-refractivity contribution in [3.05, 3.63) is 131 Å². The Hall–Kier alpha value is -7.05. The Labute approximate surface area is 357 Å². The predicted molar refractivity (Wildman–Crippen MR) is 237 cm³/mol. The number of anilines is 4. The number of carbonyl (C=O) groups excluding carboxylic acids is 3. The zero-order valence-corrected chi connectivity index (χ0v) is 34.5. The molecule has 6 aromatic rings.